The Morgan fingerprint density at radius 1 is 1.11 bits per heavy atom. The van der Waals surface area contributed by atoms with Crippen LogP contribution in [0.3, 0.4) is 0 Å². The van der Waals surface area contributed by atoms with Crippen molar-refractivity contribution in [3.8, 4) is 0 Å². The van der Waals surface area contributed by atoms with Crippen LogP contribution in [-0.4, -0.2) is 46.9 Å². The zero-order valence-electron chi connectivity index (χ0n) is 14.2. The third-order valence-electron chi connectivity index (χ3n) is 4.50. The molecule has 0 radical (unpaired) electrons. The molecule has 4 rings (SSSR count). The number of halogens is 1. The number of carbonyl (C=O) groups is 1. The first-order valence-corrected chi connectivity index (χ1v) is 9.18. The van der Waals surface area contributed by atoms with E-state index in [-0.39, 0.29) is 17.4 Å². The molecule has 0 saturated carbocycles. The summed E-state index contributed by atoms with van der Waals surface area (Å²) in [5.41, 5.74) is 1.16. The van der Waals surface area contributed by atoms with Crippen molar-refractivity contribution in [3.05, 3.63) is 64.0 Å². The molecule has 1 aliphatic heterocycles. The number of aromatic nitrogens is 1. The van der Waals surface area contributed by atoms with Crippen LogP contribution in [0.4, 0.5) is 15.2 Å². The average molecular weight is 386 g/mol. The van der Waals surface area contributed by atoms with Crippen molar-refractivity contribution in [2.75, 3.05) is 31.1 Å². The predicted octanol–water partition coefficient (Wildman–Crippen LogP) is 3.31. The van der Waals surface area contributed by atoms with Crippen LogP contribution in [-0.2, 0) is 0 Å². The molecule has 0 bridgehead atoms. The van der Waals surface area contributed by atoms with Gasteiger partial charge in [-0.15, -0.1) is 0 Å². The number of amides is 1. The highest BCUT2D eigenvalue weighted by molar-refractivity contribution is 7.22. The number of anilines is 1. The van der Waals surface area contributed by atoms with Gasteiger partial charge in [-0.1, -0.05) is 11.3 Å². The summed E-state index contributed by atoms with van der Waals surface area (Å²) in [4.78, 5) is 31.2. The first-order chi connectivity index (χ1) is 13.0. The minimum absolute atomic E-state index is 0.0383. The maximum atomic E-state index is 13.3. The fraction of sp³-hybridized carbons (Fsp3) is 0.222. The zero-order valence-corrected chi connectivity index (χ0v) is 15.0. The number of nitrogens with zero attached hydrogens (tertiary/aromatic N) is 4. The predicted molar refractivity (Wildman–Crippen MR) is 101 cm³/mol. The van der Waals surface area contributed by atoms with Gasteiger partial charge in [0.15, 0.2) is 5.13 Å². The maximum Gasteiger partial charge on any atom is 0.269 e. The van der Waals surface area contributed by atoms with Crippen molar-refractivity contribution in [2.45, 2.75) is 0 Å². The summed E-state index contributed by atoms with van der Waals surface area (Å²) in [6, 6.07) is 10.2. The fourth-order valence-corrected chi connectivity index (χ4v) is 4.07. The van der Waals surface area contributed by atoms with Crippen LogP contribution in [0.25, 0.3) is 10.2 Å². The number of rotatable bonds is 3. The van der Waals surface area contributed by atoms with Crippen molar-refractivity contribution in [1.29, 1.82) is 0 Å². The summed E-state index contributed by atoms with van der Waals surface area (Å²) >= 11 is 1.44. The summed E-state index contributed by atoms with van der Waals surface area (Å²) in [5, 5.41) is 11.5. The van der Waals surface area contributed by atoms with Gasteiger partial charge in [0, 0.05) is 43.9 Å². The lowest BCUT2D eigenvalue weighted by atomic mass is 10.1. The molecule has 0 spiro atoms. The largest absolute Gasteiger partial charge is 0.345 e. The van der Waals surface area contributed by atoms with E-state index >= 15 is 0 Å². The van der Waals surface area contributed by atoms with E-state index in [1.54, 1.807) is 11.0 Å². The lowest BCUT2D eigenvalue weighted by Crippen LogP contribution is -2.48. The molecule has 0 unspecified atom stereocenters. The van der Waals surface area contributed by atoms with Crippen LogP contribution in [0.2, 0.25) is 0 Å². The highest BCUT2D eigenvalue weighted by atomic mass is 32.1. The summed E-state index contributed by atoms with van der Waals surface area (Å²) in [5.74, 6) is -0.424. The number of fused-ring (bicyclic) bond motifs is 1. The molecule has 7 nitrogen and oxygen atoms in total. The van der Waals surface area contributed by atoms with Crippen LogP contribution in [0.5, 0.6) is 0 Å². The van der Waals surface area contributed by atoms with Crippen LogP contribution in [0.15, 0.2) is 42.5 Å². The van der Waals surface area contributed by atoms with Gasteiger partial charge in [-0.3, -0.25) is 14.9 Å². The van der Waals surface area contributed by atoms with Crippen molar-refractivity contribution >= 4 is 38.3 Å². The van der Waals surface area contributed by atoms with E-state index < -0.39 is 4.92 Å². The molecular formula is C18H15FN4O3S. The van der Waals surface area contributed by atoms with E-state index in [1.807, 2.05) is 0 Å². The van der Waals surface area contributed by atoms with Gasteiger partial charge in [0.2, 0.25) is 0 Å². The summed E-state index contributed by atoms with van der Waals surface area (Å²) in [6.07, 6.45) is 0. The zero-order chi connectivity index (χ0) is 19.0. The number of non-ortho nitro benzene ring substituents is 1. The van der Waals surface area contributed by atoms with Gasteiger partial charge in [0.25, 0.3) is 11.6 Å². The Morgan fingerprint density at radius 3 is 2.48 bits per heavy atom. The SMILES string of the molecule is O=C(c1ccc([N+](=O)[O-])cc1)N1CCN(c2nc3ccc(F)cc3s2)CC1. The number of nitro groups is 1. The molecule has 9 heteroatoms. The number of carbonyl (C=O) groups excluding carboxylic acids is 1. The summed E-state index contributed by atoms with van der Waals surface area (Å²) < 4.78 is 14.1. The molecule has 2 heterocycles. The normalized spacial score (nSPS) is 14.6. The number of thiazole rings is 1. The molecule has 1 saturated heterocycles. The Bertz CT molecular complexity index is 1010. The van der Waals surface area contributed by atoms with Gasteiger partial charge in [-0.25, -0.2) is 9.37 Å². The minimum atomic E-state index is -0.489. The van der Waals surface area contributed by atoms with Crippen molar-refractivity contribution < 1.29 is 14.1 Å². The lowest BCUT2D eigenvalue weighted by molar-refractivity contribution is -0.384. The quantitative estimate of drug-likeness (QED) is 0.510. The van der Waals surface area contributed by atoms with E-state index in [9.17, 15) is 19.3 Å². The monoisotopic (exact) mass is 386 g/mol. The van der Waals surface area contributed by atoms with Crippen molar-refractivity contribution in [1.82, 2.24) is 9.88 Å². The van der Waals surface area contributed by atoms with E-state index in [0.717, 1.165) is 15.3 Å². The van der Waals surface area contributed by atoms with Crippen molar-refractivity contribution in [3.63, 3.8) is 0 Å². The van der Waals surface area contributed by atoms with Crippen LogP contribution in [0, 0.1) is 15.9 Å². The fourth-order valence-electron chi connectivity index (χ4n) is 3.03. The third kappa shape index (κ3) is 3.45. The van der Waals surface area contributed by atoms with E-state index in [1.165, 1.54) is 47.7 Å². The van der Waals surface area contributed by atoms with Crippen LogP contribution >= 0.6 is 11.3 Å². The molecule has 3 aromatic rings. The molecule has 0 N–H and O–H groups in total. The van der Waals surface area contributed by atoms with E-state index in [2.05, 4.69) is 9.88 Å². The second-order valence-corrected chi connectivity index (χ2v) is 7.20. The minimum Gasteiger partial charge on any atom is -0.345 e. The van der Waals surface area contributed by atoms with Gasteiger partial charge in [0.05, 0.1) is 15.1 Å². The molecule has 138 valence electrons. The molecule has 1 fully saturated rings. The van der Waals surface area contributed by atoms with E-state index in [4.69, 9.17) is 0 Å². The highest BCUT2D eigenvalue weighted by Gasteiger charge is 2.24. The molecule has 27 heavy (non-hydrogen) atoms. The van der Waals surface area contributed by atoms with Crippen LogP contribution < -0.4 is 4.90 Å². The number of benzene rings is 2. The maximum absolute atomic E-state index is 13.3. The molecule has 1 amide bonds. The standard InChI is InChI=1S/C18H15FN4O3S/c19-13-3-6-15-16(11-13)27-18(20-15)22-9-7-21(8-10-22)17(24)12-1-4-14(5-2-12)23(25)26/h1-6,11H,7-10H2. The first kappa shape index (κ1) is 17.3. The highest BCUT2D eigenvalue weighted by Crippen LogP contribution is 2.30. The average Bonchev–Trinajstić information content (AvgIpc) is 3.11. The Balaban J connectivity index is 1.43. The molecule has 0 aliphatic carbocycles. The molecule has 0 atom stereocenters. The number of hydrogen-bond acceptors (Lipinski definition) is 6. The molecule has 2 aromatic carbocycles. The lowest BCUT2D eigenvalue weighted by Gasteiger charge is -2.34. The Labute approximate surface area is 157 Å². The second kappa shape index (κ2) is 6.92. The number of hydrogen-bond donors (Lipinski definition) is 0. The molecule has 1 aromatic heterocycles. The summed E-state index contributed by atoms with van der Waals surface area (Å²) in [6.45, 7) is 2.31. The van der Waals surface area contributed by atoms with Crippen LogP contribution in [0.1, 0.15) is 10.4 Å². The molecular weight excluding hydrogens is 371 g/mol. The van der Waals surface area contributed by atoms with Crippen molar-refractivity contribution in [2.24, 2.45) is 0 Å². The Morgan fingerprint density at radius 2 is 1.81 bits per heavy atom. The van der Waals surface area contributed by atoms with Gasteiger partial charge in [-0.2, -0.15) is 0 Å². The van der Waals surface area contributed by atoms with Gasteiger partial charge < -0.3 is 9.80 Å². The number of piperazine rings is 1. The van der Waals surface area contributed by atoms with Gasteiger partial charge in [-0.05, 0) is 30.3 Å². The smallest absolute Gasteiger partial charge is 0.269 e. The first-order valence-electron chi connectivity index (χ1n) is 8.36. The Hall–Kier alpha value is -3.07. The molecule has 1 aliphatic rings. The van der Waals surface area contributed by atoms with E-state index in [0.29, 0.717) is 31.7 Å². The Kier molecular flexibility index (Phi) is 4.44. The topological polar surface area (TPSA) is 79.6 Å². The summed E-state index contributed by atoms with van der Waals surface area (Å²) in [7, 11) is 0. The second-order valence-electron chi connectivity index (χ2n) is 6.19. The van der Waals surface area contributed by atoms with Gasteiger partial charge in [0.1, 0.15) is 5.82 Å². The third-order valence-corrected chi connectivity index (χ3v) is 5.58. The number of nitro benzene ring substituents is 1. The van der Waals surface area contributed by atoms with Gasteiger partial charge >= 0.3 is 0 Å².